The maximum atomic E-state index is 12.9. The van der Waals surface area contributed by atoms with E-state index in [-0.39, 0.29) is 11.9 Å². The summed E-state index contributed by atoms with van der Waals surface area (Å²) in [5.41, 5.74) is 1.02. The van der Waals surface area contributed by atoms with Gasteiger partial charge in [-0.25, -0.2) is 4.39 Å². The molecule has 0 spiro atoms. The van der Waals surface area contributed by atoms with E-state index >= 15 is 0 Å². The number of ether oxygens (including phenoxy) is 1. The van der Waals surface area contributed by atoms with Gasteiger partial charge in [-0.3, -0.25) is 4.98 Å². The minimum atomic E-state index is -0.246. The quantitative estimate of drug-likeness (QED) is 0.859. The Labute approximate surface area is 128 Å². The fourth-order valence-electron chi connectivity index (χ4n) is 2.54. The smallest absolute Gasteiger partial charge is 0.123 e. The van der Waals surface area contributed by atoms with Crippen molar-refractivity contribution in [3.8, 4) is 5.75 Å². The zero-order valence-corrected chi connectivity index (χ0v) is 12.3. The minimum Gasteiger partial charge on any atom is -0.490 e. The topological polar surface area (TPSA) is 25.4 Å². The predicted octanol–water partition coefficient (Wildman–Crippen LogP) is 3.92. The standard InChI is InChI=1S/C16H16ClFN2O/c17-15-11-19-8-5-16(15)20-9-6-14(7-10-20)21-13-3-1-12(18)2-4-13/h1-5,8,11,14H,6-7,9-10H2. The van der Waals surface area contributed by atoms with Gasteiger partial charge in [0.2, 0.25) is 0 Å². The van der Waals surface area contributed by atoms with Crippen LogP contribution in [-0.2, 0) is 0 Å². The highest BCUT2D eigenvalue weighted by atomic mass is 35.5. The molecule has 0 aliphatic carbocycles. The number of benzene rings is 1. The molecule has 2 heterocycles. The Morgan fingerprint density at radius 2 is 1.86 bits per heavy atom. The first-order valence-electron chi connectivity index (χ1n) is 6.99. The number of piperidine rings is 1. The maximum Gasteiger partial charge on any atom is 0.123 e. The van der Waals surface area contributed by atoms with Crippen LogP contribution in [0.15, 0.2) is 42.7 Å². The van der Waals surface area contributed by atoms with Crippen LogP contribution in [0.2, 0.25) is 5.02 Å². The Hall–Kier alpha value is -1.81. The zero-order chi connectivity index (χ0) is 14.7. The lowest BCUT2D eigenvalue weighted by atomic mass is 10.1. The van der Waals surface area contributed by atoms with E-state index in [1.807, 2.05) is 6.07 Å². The molecule has 1 aromatic carbocycles. The van der Waals surface area contributed by atoms with E-state index in [2.05, 4.69) is 9.88 Å². The Bertz CT molecular complexity index is 597. The van der Waals surface area contributed by atoms with Crippen LogP contribution in [-0.4, -0.2) is 24.2 Å². The zero-order valence-electron chi connectivity index (χ0n) is 11.5. The average molecular weight is 307 g/mol. The molecule has 5 heteroatoms. The highest BCUT2D eigenvalue weighted by molar-refractivity contribution is 6.33. The number of nitrogens with zero attached hydrogens (tertiary/aromatic N) is 2. The van der Waals surface area contributed by atoms with Crippen molar-refractivity contribution < 1.29 is 9.13 Å². The van der Waals surface area contributed by atoms with Gasteiger partial charge in [-0.1, -0.05) is 11.6 Å². The fraction of sp³-hybridized carbons (Fsp3) is 0.312. The highest BCUT2D eigenvalue weighted by Crippen LogP contribution is 2.28. The Morgan fingerprint density at radius 1 is 1.14 bits per heavy atom. The average Bonchev–Trinajstić information content (AvgIpc) is 2.51. The maximum absolute atomic E-state index is 12.9. The van der Waals surface area contributed by atoms with E-state index in [1.54, 1.807) is 24.5 Å². The van der Waals surface area contributed by atoms with Gasteiger partial charge < -0.3 is 9.64 Å². The largest absolute Gasteiger partial charge is 0.490 e. The number of aromatic nitrogens is 1. The van der Waals surface area contributed by atoms with Gasteiger partial charge in [-0.2, -0.15) is 0 Å². The molecule has 0 radical (unpaired) electrons. The van der Waals surface area contributed by atoms with Crippen molar-refractivity contribution in [3.63, 3.8) is 0 Å². The molecule has 1 aliphatic heterocycles. The van der Waals surface area contributed by atoms with Crippen LogP contribution in [0.1, 0.15) is 12.8 Å². The molecule has 0 N–H and O–H groups in total. The van der Waals surface area contributed by atoms with Crippen LogP contribution in [0, 0.1) is 5.82 Å². The number of halogens is 2. The molecule has 0 amide bonds. The van der Waals surface area contributed by atoms with Gasteiger partial charge in [0.1, 0.15) is 17.7 Å². The third-order valence-corrected chi connectivity index (χ3v) is 3.94. The van der Waals surface area contributed by atoms with Gasteiger partial charge in [0, 0.05) is 38.3 Å². The van der Waals surface area contributed by atoms with Crippen molar-refractivity contribution >= 4 is 17.3 Å². The van der Waals surface area contributed by atoms with Crippen molar-refractivity contribution in [2.45, 2.75) is 18.9 Å². The summed E-state index contributed by atoms with van der Waals surface area (Å²) in [6.45, 7) is 1.77. The summed E-state index contributed by atoms with van der Waals surface area (Å²) in [5.74, 6) is 0.473. The first-order chi connectivity index (χ1) is 10.2. The molecule has 0 bridgehead atoms. The molecule has 3 nitrogen and oxygen atoms in total. The third-order valence-electron chi connectivity index (χ3n) is 3.65. The van der Waals surface area contributed by atoms with E-state index in [9.17, 15) is 4.39 Å². The van der Waals surface area contributed by atoms with Gasteiger partial charge in [0.25, 0.3) is 0 Å². The number of hydrogen-bond donors (Lipinski definition) is 0. The Morgan fingerprint density at radius 3 is 2.52 bits per heavy atom. The molecule has 0 atom stereocenters. The number of pyridine rings is 1. The molecule has 1 fully saturated rings. The number of anilines is 1. The monoisotopic (exact) mass is 306 g/mol. The molecule has 110 valence electrons. The normalized spacial score (nSPS) is 16.0. The highest BCUT2D eigenvalue weighted by Gasteiger charge is 2.22. The van der Waals surface area contributed by atoms with Crippen LogP contribution >= 0.6 is 11.6 Å². The SMILES string of the molecule is Fc1ccc(OC2CCN(c3ccncc3Cl)CC2)cc1. The van der Waals surface area contributed by atoms with Gasteiger partial charge >= 0.3 is 0 Å². The molecule has 0 unspecified atom stereocenters. The molecule has 1 saturated heterocycles. The third kappa shape index (κ3) is 3.45. The van der Waals surface area contributed by atoms with E-state index in [1.165, 1.54) is 12.1 Å². The van der Waals surface area contributed by atoms with Gasteiger partial charge in [-0.15, -0.1) is 0 Å². The molecule has 3 rings (SSSR count). The van der Waals surface area contributed by atoms with Crippen LogP contribution in [0.5, 0.6) is 5.75 Å². The van der Waals surface area contributed by atoms with Crippen LogP contribution in [0.4, 0.5) is 10.1 Å². The van der Waals surface area contributed by atoms with Gasteiger partial charge in [0.15, 0.2) is 0 Å². The molecule has 1 aliphatic rings. The Kier molecular flexibility index (Phi) is 4.25. The second kappa shape index (κ2) is 6.31. The van der Waals surface area contributed by atoms with E-state index < -0.39 is 0 Å². The lowest BCUT2D eigenvalue weighted by molar-refractivity contribution is 0.171. The van der Waals surface area contributed by atoms with Crippen LogP contribution < -0.4 is 9.64 Å². The lowest BCUT2D eigenvalue weighted by Gasteiger charge is -2.34. The molecular formula is C16H16ClFN2O. The van der Waals surface area contributed by atoms with Gasteiger partial charge in [-0.05, 0) is 30.3 Å². The summed E-state index contributed by atoms with van der Waals surface area (Å²) in [5, 5.41) is 0.676. The van der Waals surface area contributed by atoms with Crippen molar-refractivity contribution in [2.75, 3.05) is 18.0 Å². The molecule has 0 saturated carbocycles. The van der Waals surface area contributed by atoms with E-state index in [4.69, 9.17) is 16.3 Å². The summed E-state index contributed by atoms with van der Waals surface area (Å²) >= 11 is 6.17. The second-order valence-electron chi connectivity index (χ2n) is 5.09. The second-order valence-corrected chi connectivity index (χ2v) is 5.49. The molecular weight excluding hydrogens is 291 g/mol. The van der Waals surface area contributed by atoms with Gasteiger partial charge in [0.05, 0.1) is 10.7 Å². The minimum absolute atomic E-state index is 0.160. The fourth-order valence-corrected chi connectivity index (χ4v) is 2.78. The number of hydrogen-bond acceptors (Lipinski definition) is 3. The molecule has 2 aromatic rings. The summed E-state index contributed by atoms with van der Waals surface area (Å²) in [6, 6.07) is 8.11. The number of rotatable bonds is 3. The van der Waals surface area contributed by atoms with Crippen molar-refractivity contribution in [1.29, 1.82) is 0 Å². The Balaban J connectivity index is 1.58. The van der Waals surface area contributed by atoms with Crippen molar-refractivity contribution in [3.05, 3.63) is 53.6 Å². The molecule has 21 heavy (non-hydrogen) atoms. The van der Waals surface area contributed by atoms with Crippen molar-refractivity contribution in [1.82, 2.24) is 4.98 Å². The first-order valence-corrected chi connectivity index (χ1v) is 7.37. The van der Waals surface area contributed by atoms with E-state index in [0.717, 1.165) is 37.4 Å². The molecule has 1 aromatic heterocycles. The summed E-state index contributed by atoms with van der Waals surface area (Å²) in [7, 11) is 0. The predicted molar refractivity (Wildman–Crippen MR) is 81.5 cm³/mol. The summed E-state index contributed by atoms with van der Waals surface area (Å²) in [4.78, 5) is 6.25. The van der Waals surface area contributed by atoms with E-state index in [0.29, 0.717) is 5.02 Å². The first kappa shape index (κ1) is 14.1. The van der Waals surface area contributed by atoms with Crippen LogP contribution in [0.3, 0.4) is 0 Å². The lowest BCUT2D eigenvalue weighted by Crippen LogP contribution is -2.38. The van der Waals surface area contributed by atoms with Crippen molar-refractivity contribution in [2.24, 2.45) is 0 Å². The van der Waals surface area contributed by atoms with Crippen LogP contribution in [0.25, 0.3) is 0 Å². The summed E-state index contributed by atoms with van der Waals surface area (Å²) < 4.78 is 18.7. The summed E-state index contributed by atoms with van der Waals surface area (Å²) in [6.07, 6.45) is 5.40.